The van der Waals surface area contributed by atoms with E-state index in [0.717, 1.165) is 28.3 Å². The maximum atomic E-state index is 11.1. The van der Waals surface area contributed by atoms with Crippen molar-refractivity contribution in [1.82, 2.24) is 4.98 Å². The summed E-state index contributed by atoms with van der Waals surface area (Å²) in [5, 5.41) is 8.17. The van der Waals surface area contributed by atoms with Gasteiger partial charge in [-0.05, 0) is 25.1 Å². The van der Waals surface area contributed by atoms with Gasteiger partial charge in [0, 0.05) is 12.2 Å². The Morgan fingerprint density at radius 1 is 1.50 bits per heavy atom. The van der Waals surface area contributed by atoms with Crippen LogP contribution < -0.4 is 10.5 Å². The van der Waals surface area contributed by atoms with Crippen LogP contribution in [0.15, 0.2) is 22.5 Å². The van der Waals surface area contributed by atoms with Crippen LogP contribution in [0.5, 0.6) is 0 Å². The Balaban J connectivity index is 2.54. The summed E-state index contributed by atoms with van der Waals surface area (Å²) in [4.78, 5) is 3.96. The summed E-state index contributed by atoms with van der Waals surface area (Å²) in [6, 6.07) is 5.50. The van der Waals surface area contributed by atoms with E-state index < -0.39 is 10.0 Å². The Labute approximate surface area is 97.4 Å². The first-order valence-corrected chi connectivity index (χ1v) is 7.04. The van der Waals surface area contributed by atoms with E-state index >= 15 is 0 Å². The van der Waals surface area contributed by atoms with Gasteiger partial charge in [0.25, 0.3) is 10.0 Å². The third kappa shape index (κ3) is 2.16. The molecule has 0 atom stereocenters. The van der Waals surface area contributed by atoms with Crippen LogP contribution >= 0.6 is 11.3 Å². The van der Waals surface area contributed by atoms with Crippen LogP contribution in [0.1, 0.15) is 6.92 Å². The first kappa shape index (κ1) is 11.3. The Morgan fingerprint density at radius 3 is 2.88 bits per heavy atom. The third-order valence-electron chi connectivity index (χ3n) is 1.99. The SMILES string of the molecule is CCNc1ccc2nc(S(N)(=O)=O)sc2c1. The Morgan fingerprint density at radius 2 is 2.25 bits per heavy atom. The van der Waals surface area contributed by atoms with Crippen molar-refractivity contribution in [2.75, 3.05) is 11.9 Å². The van der Waals surface area contributed by atoms with Gasteiger partial charge in [-0.15, -0.1) is 11.3 Å². The number of sulfonamides is 1. The smallest absolute Gasteiger partial charge is 0.265 e. The molecule has 16 heavy (non-hydrogen) atoms. The zero-order chi connectivity index (χ0) is 11.8. The van der Waals surface area contributed by atoms with Crippen LogP contribution in [0, 0.1) is 0 Å². The number of fused-ring (bicyclic) bond motifs is 1. The molecule has 0 bridgehead atoms. The minimum Gasteiger partial charge on any atom is -0.385 e. The summed E-state index contributed by atoms with van der Waals surface area (Å²) < 4.78 is 23.0. The normalized spacial score (nSPS) is 11.9. The second kappa shape index (κ2) is 4.00. The largest absolute Gasteiger partial charge is 0.385 e. The molecule has 7 heteroatoms. The minimum absolute atomic E-state index is 0.0452. The van der Waals surface area contributed by atoms with E-state index in [4.69, 9.17) is 5.14 Å². The molecule has 0 unspecified atom stereocenters. The maximum absolute atomic E-state index is 11.1. The van der Waals surface area contributed by atoms with Crippen LogP contribution in [0.2, 0.25) is 0 Å². The molecule has 0 spiro atoms. The molecular formula is C9H11N3O2S2. The predicted octanol–water partition coefficient (Wildman–Crippen LogP) is 1.38. The number of rotatable bonds is 3. The van der Waals surface area contributed by atoms with Gasteiger partial charge in [0.05, 0.1) is 10.2 Å². The number of benzene rings is 1. The highest BCUT2D eigenvalue weighted by Crippen LogP contribution is 2.27. The number of nitrogens with one attached hydrogen (secondary N) is 1. The molecule has 3 N–H and O–H groups in total. The maximum Gasteiger partial charge on any atom is 0.265 e. The van der Waals surface area contributed by atoms with Crippen molar-refractivity contribution in [2.24, 2.45) is 5.14 Å². The van der Waals surface area contributed by atoms with Gasteiger partial charge in [-0.2, -0.15) is 0 Å². The highest BCUT2D eigenvalue weighted by atomic mass is 32.2. The van der Waals surface area contributed by atoms with E-state index in [1.807, 2.05) is 19.1 Å². The van der Waals surface area contributed by atoms with Gasteiger partial charge < -0.3 is 5.32 Å². The highest BCUT2D eigenvalue weighted by Gasteiger charge is 2.14. The lowest BCUT2D eigenvalue weighted by Crippen LogP contribution is -2.11. The van der Waals surface area contributed by atoms with E-state index in [2.05, 4.69) is 10.3 Å². The Kier molecular flexibility index (Phi) is 2.83. The second-order valence-electron chi connectivity index (χ2n) is 3.24. The molecular weight excluding hydrogens is 246 g/mol. The number of anilines is 1. The minimum atomic E-state index is -3.70. The molecule has 1 aromatic heterocycles. The molecule has 86 valence electrons. The van der Waals surface area contributed by atoms with Crippen LogP contribution in [0.4, 0.5) is 5.69 Å². The molecule has 0 amide bonds. The molecule has 0 radical (unpaired) electrons. The highest BCUT2D eigenvalue weighted by molar-refractivity contribution is 7.91. The van der Waals surface area contributed by atoms with E-state index in [0.29, 0.717) is 5.52 Å². The average molecular weight is 257 g/mol. The fourth-order valence-corrected chi connectivity index (χ4v) is 3.04. The van der Waals surface area contributed by atoms with Gasteiger partial charge in [0.15, 0.2) is 0 Å². The Bertz CT molecular complexity index is 619. The molecule has 1 heterocycles. The van der Waals surface area contributed by atoms with Gasteiger partial charge in [0.2, 0.25) is 4.34 Å². The van der Waals surface area contributed by atoms with E-state index in [1.54, 1.807) is 6.07 Å². The van der Waals surface area contributed by atoms with Crippen molar-refractivity contribution in [2.45, 2.75) is 11.3 Å². The summed E-state index contributed by atoms with van der Waals surface area (Å²) in [5.74, 6) is 0. The lowest BCUT2D eigenvalue weighted by atomic mass is 10.3. The molecule has 0 saturated carbocycles. The van der Waals surface area contributed by atoms with Gasteiger partial charge in [0.1, 0.15) is 0 Å². The predicted molar refractivity (Wildman–Crippen MR) is 65.2 cm³/mol. The average Bonchev–Trinajstić information content (AvgIpc) is 2.60. The first-order valence-electron chi connectivity index (χ1n) is 4.68. The molecule has 0 saturated heterocycles. The number of nitrogens with zero attached hydrogens (tertiary/aromatic N) is 1. The molecule has 5 nitrogen and oxygen atoms in total. The molecule has 0 aliphatic rings. The van der Waals surface area contributed by atoms with Crippen LogP contribution in [0.25, 0.3) is 10.2 Å². The van der Waals surface area contributed by atoms with Crippen LogP contribution in [-0.2, 0) is 10.0 Å². The lowest BCUT2D eigenvalue weighted by Gasteiger charge is -2.00. The zero-order valence-electron chi connectivity index (χ0n) is 8.60. The molecule has 0 fully saturated rings. The summed E-state index contributed by atoms with van der Waals surface area (Å²) in [6.07, 6.45) is 0. The van der Waals surface area contributed by atoms with Gasteiger partial charge in [-0.25, -0.2) is 18.5 Å². The second-order valence-corrected chi connectivity index (χ2v) is 6.00. The zero-order valence-corrected chi connectivity index (χ0v) is 10.2. The summed E-state index contributed by atoms with van der Waals surface area (Å²) in [7, 11) is -3.70. The van der Waals surface area contributed by atoms with Crippen LogP contribution in [-0.4, -0.2) is 19.9 Å². The monoisotopic (exact) mass is 257 g/mol. The van der Waals surface area contributed by atoms with E-state index in [-0.39, 0.29) is 4.34 Å². The first-order chi connectivity index (χ1) is 7.50. The molecule has 0 aliphatic heterocycles. The number of thiazole rings is 1. The number of hydrogen-bond donors (Lipinski definition) is 2. The van der Waals surface area contributed by atoms with Crippen molar-refractivity contribution >= 4 is 37.3 Å². The summed E-state index contributed by atoms with van der Waals surface area (Å²) in [5.41, 5.74) is 1.59. The lowest BCUT2D eigenvalue weighted by molar-refractivity contribution is 0.597. The van der Waals surface area contributed by atoms with E-state index in [1.165, 1.54) is 0 Å². The van der Waals surface area contributed by atoms with Crippen LogP contribution in [0.3, 0.4) is 0 Å². The van der Waals surface area contributed by atoms with Gasteiger partial charge in [-0.1, -0.05) is 0 Å². The Hall–Kier alpha value is -1.18. The molecule has 2 rings (SSSR count). The molecule has 1 aromatic carbocycles. The van der Waals surface area contributed by atoms with Gasteiger partial charge in [-0.3, -0.25) is 0 Å². The van der Waals surface area contributed by atoms with Crippen molar-refractivity contribution < 1.29 is 8.42 Å². The molecule has 0 aliphatic carbocycles. The van der Waals surface area contributed by atoms with Crippen molar-refractivity contribution in [3.8, 4) is 0 Å². The number of primary sulfonamides is 1. The quantitative estimate of drug-likeness (QED) is 0.869. The molecule has 2 aromatic rings. The standard InChI is InChI=1S/C9H11N3O2S2/c1-2-11-6-3-4-7-8(5-6)15-9(12-7)16(10,13)14/h3-5,11H,2H2,1H3,(H2,10,13,14). The van der Waals surface area contributed by atoms with Crippen molar-refractivity contribution in [3.05, 3.63) is 18.2 Å². The number of aromatic nitrogens is 1. The van der Waals surface area contributed by atoms with Crippen molar-refractivity contribution in [3.63, 3.8) is 0 Å². The van der Waals surface area contributed by atoms with Gasteiger partial charge >= 0.3 is 0 Å². The fraction of sp³-hybridized carbons (Fsp3) is 0.222. The topological polar surface area (TPSA) is 85.1 Å². The number of nitrogens with two attached hydrogens (primary N) is 1. The third-order valence-corrected chi connectivity index (χ3v) is 4.33. The number of hydrogen-bond acceptors (Lipinski definition) is 5. The van der Waals surface area contributed by atoms with E-state index in [9.17, 15) is 8.42 Å². The van der Waals surface area contributed by atoms with Crippen molar-refractivity contribution in [1.29, 1.82) is 0 Å². The fourth-order valence-electron chi connectivity index (χ4n) is 1.34. The summed E-state index contributed by atoms with van der Waals surface area (Å²) >= 11 is 1.08. The summed E-state index contributed by atoms with van der Waals surface area (Å²) in [6.45, 7) is 2.80.